The lowest BCUT2D eigenvalue weighted by molar-refractivity contribution is 0.0922. The molecule has 3 heterocycles. The zero-order valence-electron chi connectivity index (χ0n) is 15.5. The predicted octanol–water partition coefficient (Wildman–Crippen LogP) is 2.73. The van der Waals surface area contributed by atoms with Gasteiger partial charge in [0.25, 0.3) is 5.91 Å². The van der Waals surface area contributed by atoms with E-state index >= 15 is 0 Å². The minimum atomic E-state index is -0.128. The summed E-state index contributed by atoms with van der Waals surface area (Å²) in [5, 5.41) is 7.11. The number of benzene rings is 1. The van der Waals surface area contributed by atoms with Gasteiger partial charge >= 0.3 is 0 Å². The third-order valence-electron chi connectivity index (χ3n) is 5.91. The second kappa shape index (κ2) is 6.60. The molecule has 2 aliphatic heterocycles. The van der Waals surface area contributed by atoms with Crippen molar-refractivity contribution in [2.75, 3.05) is 13.1 Å². The molecule has 1 N–H and O–H groups in total. The highest BCUT2D eigenvalue weighted by atomic mass is 16.5. The number of likely N-dealkylation sites (tertiary alicyclic amines) is 1. The number of aliphatic imine (C=N–C) groups is 1. The third-order valence-corrected chi connectivity index (χ3v) is 5.91. The molecular weight excluding hydrogens is 340 g/mol. The highest BCUT2D eigenvalue weighted by Gasteiger charge is 2.33. The number of amides is 1. The first-order valence-corrected chi connectivity index (χ1v) is 9.78. The van der Waals surface area contributed by atoms with Crippen LogP contribution < -0.4 is 5.32 Å². The number of nitrogens with zero attached hydrogens (tertiary/aromatic N) is 3. The molecule has 0 spiro atoms. The van der Waals surface area contributed by atoms with E-state index < -0.39 is 0 Å². The Morgan fingerprint density at radius 3 is 3.07 bits per heavy atom. The molecule has 0 bridgehead atoms. The van der Waals surface area contributed by atoms with Crippen LogP contribution in [0.15, 0.2) is 33.8 Å². The average molecular weight is 364 g/mol. The maximum absolute atomic E-state index is 12.6. The SMILES string of the molecule is C[C@H]1CN(Cc2cccc3c2C=NC3)C[C@H]1NC(=O)c1cc(C2CC2)on1. The number of carbonyl (C=O) groups is 1. The van der Waals surface area contributed by atoms with Gasteiger partial charge in [-0.3, -0.25) is 14.7 Å². The largest absolute Gasteiger partial charge is 0.360 e. The second-order valence-electron chi connectivity index (χ2n) is 8.10. The topological polar surface area (TPSA) is 70.7 Å². The van der Waals surface area contributed by atoms with E-state index in [0.717, 1.165) is 44.8 Å². The smallest absolute Gasteiger partial charge is 0.273 e. The van der Waals surface area contributed by atoms with Gasteiger partial charge in [0.15, 0.2) is 5.69 Å². The van der Waals surface area contributed by atoms with Gasteiger partial charge in [-0.25, -0.2) is 0 Å². The van der Waals surface area contributed by atoms with Crippen molar-refractivity contribution in [3.8, 4) is 0 Å². The molecule has 2 fully saturated rings. The Balaban J connectivity index is 1.22. The first kappa shape index (κ1) is 16.7. The lowest BCUT2D eigenvalue weighted by atomic mass is 10.0. The van der Waals surface area contributed by atoms with Crippen LogP contribution >= 0.6 is 0 Å². The molecule has 2 atom stereocenters. The summed E-state index contributed by atoms with van der Waals surface area (Å²) in [4.78, 5) is 19.4. The van der Waals surface area contributed by atoms with E-state index in [9.17, 15) is 4.79 Å². The normalized spacial score (nSPS) is 24.3. The predicted molar refractivity (Wildman–Crippen MR) is 102 cm³/mol. The fraction of sp³-hybridized carbons (Fsp3) is 0.476. The van der Waals surface area contributed by atoms with Crippen LogP contribution in [0, 0.1) is 5.92 Å². The third kappa shape index (κ3) is 3.30. The van der Waals surface area contributed by atoms with E-state index in [0.29, 0.717) is 17.5 Å². The van der Waals surface area contributed by atoms with Crippen molar-refractivity contribution in [3.63, 3.8) is 0 Å². The van der Waals surface area contributed by atoms with Crippen LogP contribution in [0.1, 0.15) is 58.6 Å². The Labute approximate surface area is 158 Å². The monoisotopic (exact) mass is 364 g/mol. The summed E-state index contributed by atoms with van der Waals surface area (Å²) in [6.07, 6.45) is 4.27. The Morgan fingerprint density at radius 2 is 2.22 bits per heavy atom. The summed E-state index contributed by atoms with van der Waals surface area (Å²) in [6, 6.07) is 8.38. The number of carbonyl (C=O) groups excluding carboxylic acids is 1. The molecule has 3 aliphatic rings. The number of hydrogen-bond donors (Lipinski definition) is 1. The lowest BCUT2D eigenvalue weighted by Crippen LogP contribution is -2.40. The Hall–Kier alpha value is -2.47. The van der Waals surface area contributed by atoms with Crippen molar-refractivity contribution >= 4 is 12.1 Å². The molecule has 1 aromatic carbocycles. The molecule has 0 unspecified atom stereocenters. The number of rotatable bonds is 5. The van der Waals surface area contributed by atoms with E-state index in [2.05, 4.69) is 45.5 Å². The van der Waals surface area contributed by atoms with Gasteiger partial charge in [0.2, 0.25) is 0 Å². The molecule has 140 valence electrons. The van der Waals surface area contributed by atoms with Crippen molar-refractivity contribution in [1.29, 1.82) is 0 Å². The summed E-state index contributed by atoms with van der Waals surface area (Å²) >= 11 is 0. The van der Waals surface area contributed by atoms with E-state index in [-0.39, 0.29) is 11.9 Å². The summed E-state index contributed by atoms with van der Waals surface area (Å²) < 4.78 is 5.31. The lowest BCUT2D eigenvalue weighted by Gasteiger charge is -2.18. The number of fused-ring (bicyclic) bond motifs is 1. The maximum atomic E-state index is 12.6. The van der Waals surface area contributed by atoms with Gasteiger partial charge < -0.3 is 9.84 Å². The summed E-state index contributed by atoms with van der Waals surface area (Å²) in [5.74, 6) is 1.59. The highest BCUT2D eigenvalue weighted by molar-refractivity contribution is 5.92. The Kier molecular flexibility index (Phi) is 4.08. The van der Waals surface area contributed by atoms with Gasteiger partial charge in [-0.2, -0.15) is 0 Å². The van der Waals surface area contributed by atoms with Crippen LogP contribution in [0.2, 0.25) is 0 Å². The second-order valence-corrected chi connectivity index (χ2v) is 8.10. The molecule has 6 nitrogen and oxygen atoms in total. The quantitative estimate of drug-likeness (QED) is 0.886. The number of aromatic nitrogens is 1. The first-order valence-electron chi connectivity index (χ1n) is 9.78. The van der Waals surface area contributed by atoms with E-state index in [1.54, 1.807) is 6.07 Å². The molecule has 1 amide bonds. The van der Waals surface area contributed by atoms with Crippen LogP contribution in [0.3, 0.4) is 0 Å². The minimum Gasteiger partial charge on any atom is -0.360 e. The van der Waals surface area contributed by atoms with Gasteiger partial charge in [-0.05, 0) is 29.9 Å². The minimum absolute atomic E-state index is 0.128. The van der Waals surface area contributed by atoms with Crippen LogP contribution in [0.4, 0.5) is 0 Å². The van der Waals surface area contributed by atoms with Crippen LogP contribution in [0.5, 0.6) is 0 Å². The molecule has 2 aromatic rings. The fourth-order valence-corrected chi connectivity index (χ4v) is 4.17. The van der Waals surface area contributed by atoms with Crippen molar-refractivity contribution in [2.24, 2.45) is 10.9 Å². The van der Waals surface area contributed by atoms with Crippen molar-refractivity contribution in [2.45, 2.75) is 44.8 Å². The fourth-order valence-electron chi connectivity index (χ4n) is 4.17. The Bertz CT molecular complexity index is 899. The van der Waals surface area contributed by atoms with Crippen molar-refractivity contribution < 1.29 is 9.32 Å². The van der Waals surface area contributed by atoms with E-state index in [4.69, 9.17) is 4.52 Å². The van der Waals surface area contributed by atoms with Crippen molar-refractivity contribution in [3.05, 3.63) is 52.4 Å². The van der Waals surface area contributed by atoms with Gasteiger partial charge in [-0.1, -0.05) is 30.3 Å². The average Bonchev–Trinajstić information content (AvgIpc) is 3.07. The van der Waals surface area contributed by atoms with Gasteiger partial charge in [-0.15, -0.1) is 0 Å². The Morgan fingerprint density at radius 1 is 1.33 bits per heavy atom. The van der Waals surface area contributed by atoms with Crippen LogP contribution in [0.25, 0.3) is 0 Å². The van der Waals surface area contributed by atoms with Crippen LogP contribution in [-0.2, 0) is 13.1 Å². The molecule has 27 heavy (non-hydrogen) atoms. The summed E-state index contributed by atoms with van der Waals surface area (Å²) in [5.41, 5.74) is 4.30. The molecule has 1 saturated heterocycles. The molecular formula is C21H24N4O2. The first-order chi connectivity index (χ1) is 13.2. The van der Waals surface area contributed by atoms with Gasteiger partial charge in [0.05, 0.1) is 6.54 Å². The molecule has 1 aliphatic carbocycles. The number of hydrogen-bond acceptors (Lipinski definition) is 5. The summed E-state index contributed by atoms with van der Waals surface area (Å²) in [7, 11) is 0. The van der Waals surface area contributed by atoms with E-state index in [1.165, 1.54) is 16.7 Å². The number of nitrogens with one attached hydrogen (secondary N) is 1. The van der Waals surface area contributed by atoms with Gasteiger partial charge in [0.1, 0.15) is 5.76 Å². The maximum Gasteiger partial charge on any atom is 0.273 e. The van der Waals surface area contributed by atoms with E-state index in [1.807, 2.05) is 6.21 Å². The molecule has 0 radical (unpaired) electrons. The summed E-state index contributed by atoms with van der Waals surface area (Å²) in [6.45, 7) is 5.69. The molecule has 6 heteroatoms. The molecule has 1 saturated carbocycles. The highest BCUT2D eigenvalue weighted by Crippen LogP contribution is 2.40. The zero-order valence-corrected chi connectivity index (χ0v) is 15.5. The van der Waals surface area contributed by atoms with Crippen molar-refractivity contribution in [1.82, 2.24) is 15.4 Å². The standard InChI is InChI=1S/C21H24N4O2/c1-13-10-25(11-16-4-2-3-15-8-22-9-17(15)16)12-19(13)23-21(26)18-7-20(27-24-18)14-5-6-14/h2-4,7,9,13-14,19H,5-6,8,10-12H2,1H3,(H,23,26)/t13-,19+/m0/s1. The van der Waals surface area contributed by atoms with Crippen LogP contribution in [-0.4, -0.2) is 41.3 Å². The zero-order chi connectivity index (χ0) is 18.4. The molecule has 5 rings (SSSR count). The van der Waals surface area contributed by atoms with Gasteiger partial charge in [0, 0.05) is 49.4 Å². The molecule has 1 aromatic heterocycles.